The molecule has 0 saturated heterocycles. The van der Waals surface area contributed by atoms with E-state index in [1.165, 1.54) is 0 Å². The zero-order valence-electron chi connectivity index (χ0n) is 9.38. The van der Waals surface area contributed by atoms with E-state index in [-0.39, 0.29) is 12.2 Å². The van der Waals surface area contributed by atoms with Crippen LogP contribution in [0, 0.1) is 0 Å². The third kappa shape index (κ3) is 4.15. The lowest BCUT2D eigenvalue weighted by Gasteiger charge is -2.08. The van der Waals surface area contributed by atoms with Gasteiger partial charge in [-0.2, -0.15) is 0 Å². The molecule has 0 spiro atoms. The van der Waals surface area contributed by atoms with E-state index < -0.39 is 15.9 Å². The first kappa shape index (κ1) is 13.5. The number of hydrogen-bond donors (Lipinski definition) is 1. The summed E-state index contributed by atoms with van der Waals surface area (Å²) in [5, 5.41) is 13.8. The van der Waals surface area contributed by atoms with Gasteiger partial charge in [0.2, 0.25) is 0 Å². The van der Waals surface area contributed by atoms with Gasteiger partial charge in [-0.25, -0.2) is 8.42 Å². The molecule has 1 aromatic rings. The van der Waals surface area contributed by atoms with Crippen LogP contribution in [-0.2, 0) is 16.3 Å². The summed E-state index contributed by atoms with van der Waals surface area (Å²) in [6.07, 6.45) is 2.30. The summed E-state index contributed by atoms with van der Waals surface area (Å²) in [6, 6.07) is 0. The van der Waals surface area contributed by atoms with Crippen LogP contribution in [0.15, 0.2) is 0 Å². The molecule has 0 amide bonds. The average Bonchev–Trinajstić information content (AvgIpc) is 2.62. The van der Waals surface area contributed by atoms with Crippen LogP contribution in [0.2, 0.25) is 0 Å². The summed E-state index contributed by atoms with van der Waals surface area (Å²) >= 11 is 1.14. The molecule has 7 heteroatoms. The van der Waals surface area contributed by atoms with Gasteiger partial charge in [0, 0.05) is 6.26 Å². The molecular weight excluding hydrogens is 248 g/mol. The second-order valence-corrected chi connectivity index (χ2v) is 6.81. The quantitative estimate of drug-likeness (QED) is 0.827. The van der Waals surface area contributed by atoms with E-state index in [9.17, 15) is 13.5 Å². The highest BCUT2D eigenvalue weighted by Crippen LogP contribution is 2.24. The summed E-state index contributed by atoms with van der Waals surface area (Å²) < 4.78 is 25.7. The Morgan fingerprint density at radius 3 is 2.75 bits per heavy atom. The number of aliphatic hydroxyl groups is 1. The van der Waals surface area contributed by atoms with E-state index in [0.29, 0.717) is 4.88 Å². The minimum Gasteiger partial charge on any atom is -0.387 e. The van der Waals surface area contributed by atoms with E-state index in [2.05, 4.69) is 9.59 Å². The molecule has 1 rings (SSSR count). The molecule has 0 aliphatic heterocycles. The maximum absolute atomic E-state index is 11.0. The lowest BCUT2D eigenvalue weighted by molar-refractivity contribution is 0.177. The van der Waals surface area contributed by atoms with E-state index in [1.807, 2.05) is 6.92 Å². The van der Waals surface area contributed by atoms with Gasteiger partial charge in [-0.1, -0.05) is 17.8 Å². The fraction of sp³-hybridized carbons (Fsp3) is 0.778. The van der Waals surface area contributed by atoms with Gasteiger partial charge >= 0.3 is 0 Å². The number of aliphatic hydroxyl groups excluding tert-OH is 1. The molecule has 92 valence electrons. The SMILES string of the molecule is CCCc1nnsc1C(O)CCS(C)(=O)=O. The van der Waals surface area contributed by atoms with Crippen molar-refractivity contribution in [1.82, 2.24) is 9.59 Å². The lowest BCUT2D eigenvalue weighted by atomic mass is 10.1. The van der Waals surface area contributed by atoms with Crippen LogP contribution in [0.5, 0.6) is 0 Å². The average molecular weight is 264 g/mol. The van der Waals surface area contributed by atoms with Crippen molar-refractivity contribution in [3.05, 3.63) is 10.6 Å². The lowest BCUT2D eigenvalue weighted by Crippen LogP contribution is -2.08. The summed E-state index contributed by atoms with van der Waals surface area (Å²) in [6.45, 7) is 2.02. The summed E-state index contributed by atoms with van der Waals surface area (Å²) in [5.41, 5.74) is 0.786. The molecule has 16 heavy (non-hydrogen) atoms. The van der Waals surface area contributed by atoms with Crippen molar-refractivity contribution in [2.45, 2.75) is 32.3 Å². The summed E-state index contributed by atoms with van der Waals surface area (Å²) in [5.74, 6) is -0.0162. The first-order chi connectivity index (χ1) is 7.44. The van der Waals surface area contributed by atoms with E-state index in [4.69, 9.17) is 0 Å². The third-order valence-electron chi connectivity index (χ3n) is 2.14. The molecule has 0 saturated carbocycles. The standard InChI is InChI=1S/C9H16N2O3S2/c1-3-4-7-9(15-11-10-7)8(12)5-6-16(2,13)14/h8,12H,3-6H2,1-2H3. The number of aryl methyl sites for hydroxylation is 1. The molecule has 0 aromatic carbocycles. The van der Waals surface area contributed by atoms with Gasteiger partial charge in [-0.15, -0.1) is 5.10 Å². The van der Waals surface area contributed by atoms with Crippen LogP contribution in [0.4, 0.5) is 0 Å². The largest absolute Gasteiger partial charge is 0.387 e. The van der Waals surface area contributed by atoms with Gasteiger partial charge in [-0.3, -0.25) is 0 Å². The summed E-state index contributed by atoms with van der Waals surface area (Å²) in [4.78, 5) is 0.700. The van der Waals surface area contributed by atoms with E-state index in [0.717, 1.165) is 36.3 Å². The normalized spacial score (nSPS) is 13.9. The van der Waals surface area contributed by atoms with Crippen LogP contribution in [0.25, 0.3) is 0 Å². The molecule has 5 nitrogen and oxygen atoms in total. The molecule has 0 aliphatic carbocycles. The molecule has 1 aromatic heterocycles. The van der Waals surface area contributed by atoms with Gasteiger partial charge in [0.1, 0.15) is 9.84 Å². The highest BCUT2D eigenvalue weighted by Gasteiger charge is 2.18. The van der Waals surface area contributed by atoms with E-state index in [1.54, 1.807) is 0 Å². The van der Waals surface area contributed by atoms with Crippen molar-refractivity contribution in [1.29, 1.82) is 0 Å². The van der Waals surface area contributed by atoms with Crippen molar-refractivity contribution in [2.24, 2.45) is 0 Å². The second kappa shape index (κ2) is 5.70. The van der Waals surface area contributed by atoms with Gasteiger partial charge in [0.05, 0.1) is 22.4 Å². The zero-order valence-corrected chi connectivity index (χ0v) is 11.0. The maximum Gasteiger partial charge on any atom is 0.147 e. The molecule has 0 radical (unpaired) electrons. The highest BCUT2D eigenvalue weighted by atomic mass is 32.2. The Morgan fingerprint density at radius 1 is 1.50 bits per heavy atom. The van der Waals surface area contributed by atoms with Gasteiger partial charge in [-0.05, 0) is 24.4 Å². The Labute approximate surface area is 99.6 Å². The molecule has 1 atom stereocenters. The fourth-order valence-corrected chi connectivity index (χ4v) is 2.70. The molecule has 0 fully saturated rings. The minimum absolute atomic E-state index is 0.0162. The van der Waals surface area contributed by atoms with Crippen LogP contribution >= 0.6 is 11.5 Å². The number of nitrogens with zero attached hydrogens (tertiary/aromatic N) is 2. The van der Waals surface area contributed by atoms with Crippen molar-refractivity contribution < 1.29 is 13.5 Å². The number of hydrogen-bond acceptors (Lipinski definition) is 6. The molecule has 0 bridgehead atoms. The van der Waals surface area contributed by atoms with Crippen LogP contribution in [0.3, 0.4) is 0 Å². The first-order valence-corrected chi connectivity index (χ1v) is 7.94. The van der Waals surface area contributed by atoms with E-state index >= 15 is 0 Å². The Morgan fingerprint density at radius 2 is 2.19 bits per heavy atom. The monoisotopic (exact) mass is 264 g/mol. The Kier molecular flexibility index (Phi) is 4.82. The van der Waals surface area contributed by atoms with Crippen molar-refractivity contribution in [2.75, 3.05) is 12.0 Å². The first-order valence-electron chi connectivity index (χ1n) is 5.11. The second-order valence-electron chi connectivity index (χ2n) is 3.77. The Bertz CT molecular complexity index is 428. The summed E-state index contributed by atoms with van der Waals surface area (Å²) in [7, 11) is -3.03. The van der Waals surface area contributed by atoms with Crippen molar-refractivity contribution >= 4 is 21.4 Å². The van der Waals surface area contributed by atoms with Gasteiger partial charge in [0.25, 0.3) is 0 Å². The molecule has 1 unspecified atom stereocenters. The maximum atomic E-state index is 11.0. The fourth-order valence-electron chi connectivity index (χ4n) is 1.34. The Hall–Kier alpha value is -0.530. The van der Waals surface area contributed by atoms with Crippen LogP contribution < -0.4 is 0 Å². The van der Waals surface area contributed by atoms with Gasteiger partial charge in [0.15, 0.2) is 0 Å². The van der Waals surface area contributed by atoms with Crippen LogP contribution in [0.1, 0.15) is 36.4 Å². The topological polar surface area (TPSA) is 80.2 Å². The molecule has 1 heterocycles. The molecule has 1 N–H and O–H groups in total. The minimum atomic E-state index is -3.03. The van der Waals surface area contributed by atoms with Gasteiger partial charge < -0.3 is 5.11 Å². The smallest absolute Gasteiger partial charge is 0.147 e. The van der Waals surface area contributed by atoms with Crippen molar-refractivity contribution in [3.63, 3.8) is 0 Å². The number of aromatic nitrogens is 2. The van der Waals surface area contributed by atoms with Crippen molar-refractivity contribution in [3.8, 4) is 0 Å². The number of rotatable bonds is 6. The zero-order chi connectivity index (χ0) is 12.2. The third-order valence-corrected chi connectivity index (χ3v) is 3.98. The van der Waals surface area contributed by atoms with Crippen LogP contribution in [-0.4, -0.2) is 35.1 Å². The number of sulfone groups is 1. The predicted molar refractivity (Wildman–Crippen MR) is 63.2 cm³/mol. The molecule has 0 aliphatic rings. The predicted octanol–water partition coefficient (Wildman–Crippen LogP) is 0.959. The highest BCUT2D eigenvalue weighted by molar-refractivity contribution is 7.90. The molecular formula is C9H16N2O3S2. The Balaban J connectivity index is 2.65.